The molecule has 2 aromatic rings. The van der Waals surface area contributed by atoms with Crippen LogP contribution in [0.4, 0.5) is 8.78 Å². The Hall–Kier alpha value is -1.26. The molecule has 0 spiro atoms. The molecule has 0 saturated carbocycles. The third kappa shape index (κ3) is 2.94. The van der Waals surface area contributed by atoms with Crippen LogP contribution in [0.5, 0.6) is 0 Å². The summed E-state index contributed by atoms with van der Waals surface area (Å²) in [6, 6.07) is 10.6. The van der Waals surface area contributed by atoms with Crippen molar-refractivity contribution in [3.63, 3.8) is 0 Å². The summed E-state index contributed by atoms with van der Waals surface area (Å²) in [6.07, 6.45) is 0.530. The van der Waals surface area contributed by atoms with Crippen molar-refractivity contribution in [1.82, 2.24) is 0 Å². The SMILES string of the molecule is NC(Cc1ccc(F)cc1)c1cccc(F)c1Br. The molecule has 0 aliphatic heterocycles. The van der Waals surface area contributed by atoms with E-state index in [9.17, 15) is 8.78 Å². The van der Waals surface area contributed by atoms with Crippen molar-refractivity contribution in [2.45, 2.75) is 12.5 Å². The van der Waals surface area contributed by atoms with Gasteiger partial charge in [-0.2, -0.15) is 0 Å². The molecule has 1 unspecified atom stereocenters. The van der Waals surface area contributed by atoms with Gasteiger partial charge in [-0.15, -0.1) is 0 Å². The first kappa shape index (κ1) is 13.2. The second kappa shape index (κ2) is 5.59. The largest absolute Gasteiger partial charge is 0.324 e. The van der Waals surface area contributed by atoms with Crippen LogP contribution >= 0.6 is 15.9 Å². The topological polar surface area (TPSA) is 26.0 Å². The second-order valence-electron chi connectivity index (χ2n) is 4.08. The highest BCUT2D eigenvalue weighted by molar-refractivity contribution is 9.10. The van der Waals surface area contributed by atoms with E-state index in [-0.39, 0.29) is 17.7 Å². The van der Waals surface area contributed by atoms with Crippen LogP contribution in [0.2, 0.25) is 0 Å². The Kier molecular flexibility index (Phi) is 4.09. The van der Waals surface area contributed by atoms with E-state index >= 15 is 0 Å². The number of hydrogen-bond acceptors (Lipinski definition) is 1. The van der Waals surface area contributed by atoms with Gasteiger partial charge in [-0.3, -0.25) is 0 Å². The molecule has 4 heteroatoms. The molecule has 2 aromatic carbocycles. The number of hydrogen-bond donors (Lipinski definition) is 1. The van der Waals surface area contributed by atoms with Crippen LogP contribution in [0.3, 0.4) is 0 Å². The molecule has 18 heavy (non-hydrogen) atoms. The molecule has 0 aliphatic carbocycles. The minimum absolute atomic E-state index is 0.278. The number of rotatable bonds is 3. The summed E-state index contributed by atoms with van der Waals surface area (Å²) < 4.78 is 26.5. The van der Waals surface area contributed by atoms with Gasteiger partial charge in [0.25, 0.3) is 0 Å². The van der Waals surface area contributed by atoms with Gasteiger partial charge in [-0.25, -0.2) is 8.78 Å². The fourth-order valence-electron chi connectivity index (χ4n) is 1.79. The number of halogens is 3. The molecule has 0 radical (unpaired) electrons. The summed E-state index contributed by atoms with van der Waals surface area (Å²) in [5, 5.41) is 0. The maximum Gasteiger partial charge on any atom is 0.137 e. The Morgan fingerprint density at radius 1 is 1.06 bits per heavy atom. The summed E-state index contributed by atoms with van der Waals surface area (Å²) in [5.74, 6) is -0.610. The van der Waals surface area contributed by atoms with Gasteiger partial charge in [0.2, 0.25) is 0 Å². The van der Waals surface area contributed by atoms with Crippen LogP contribution < -0.4 is 5.73 Å². The average molecular weight is 312 g/mol. The van der Waals surface area contributed by atoms with E-state index in [1.807, 2.05) is 0 Å². The Bertz CT molecular complexity index is 540. The Labute approximate surface area is 113 Å². The smallest absolute Gasteiger partial charge is 0.137 e. The van der Waals surface area contributed by atoms with Crippen LogP contribution in [-0.2, 0) is 6.42 Å². The van der Waals surface area contributed by atoms with E-state index in [0.29, 0.717) is 16.5 Å². The minimum Gasteiger partial charge on any atom is -0.324 e. The molecule has 0 amide bonds. The molecule has 2 rings (SSSR count). The standard InChI is InChI=1S/C14H12BrF2N/c15-14-11(2-1-3-12(14)17)13(18)8-9-4-6-10(16)7-5-9/h1-7,13H,8,18H2. The van der Waals surface area contributed by atoms with Crippen molar-refractivity contribution in [3.05, 3.63) is 69.7 Å². The van der Waals surface area contributed by atoms with E-state index in [0.717, 1.165) is 5.56 Å². The normalized spacial score (nSPS) is 12.4. The summed E-state index contributed by atoms with van der Waals surface area (Å²) in [6.45, 7) is 0. The minimum atomic E-state index is -0.333. The molecule has 0 fully saturated rings. The molecule has 0 aliphatic rings. The van der Waals surface area contributed by atoms with Crippen molar-refractivity contribution in [2.24, 2.45) is 5.73 Å². The van der Waals surface area contributed by atoms with Gasteiger partial charge in [0, 0.05) is 6.04 Å². The van der Waals surface area contributed by atoms with Crippen LogP contribution in [0, 0.1) is 11.6 Å². The maximum atomic E-state index is 13.4. The monoisotopic (exact) mass is 311 g/mol. The van der Waals surface area contributed by atoms with Crippen molar-refractivity contribution in [3.8, 4) is 0 Å². The van der Waals surface area contributed by atoms with Crippen molar-refractivity contribution < 1.29 is 8.78 Å². The highest BCUT2D eigenvalue weighted by Gasteiger charge is 2.13. The van der Waals surface area contributed by atoms with E-state index in [1.54, 1.807) is 24.3 Å². The lowest BCUT2D eigenvalue weighted by molar-refractivity contribution is 0.609. The fourth-order valence-corrected chi connectivity index (χ4v) is 2.35. The lowest BCUT2D eigenvalue weighted by atomic mass is 10.00. The van der Waals surface area contributed by atoms with Gasteiger partial charge in [0.15, 0.2) is 0 Å². The highest BCUT2D eigenvalue weighted by atomic mass is 79.9. The average Bonchev–Trinajstić information content (AvgIpc) is 2.35. The van der Waals surface area contributed by atoms with Gasteiger partial charge in [-0.1, -0.05) is 24.3 Å². The summed E-state index contributed by atoms with van der Waals surface area (Å²) in [7, 11) is 0. The molecular weight excluding hydrogens is 300 g/mol. The molecule has 0 saturated heterocycles. The molecule has 1 atom stereocenters. The van der Waals surface area contributed by atoms with E-state index < -0.39 is 0 Å². The Morgan fingerprint density at radius 3 is 2.39 bits per heavy atom. The first-order valence-electron chi connectivity index (χ1n) is 5.52. The molecule has 1 nitrogen and oxygen atoms in total. The zero-order valence-corrected chi connectivity index (χ0v) is 11.1. The third-order valence-electron chi connectivity index (χ3n) is 2.75. The van der Waals surface area contributed by atoms with Crippen LogP contribution in [-0.4, -0.2) is 0 Å². The van der Waals surface area contributed by atoms with Crippen LogP contribution in [0.1, 0.15) is 17.2 Å². The molecule has 94 valence electrons. The number of nitrogens with two attached hydrogens (primary N) is 1. The third-order valence-corrected chi connectivity index (χ3v) is 3.59. The Morgan fingerprint density at radius 2 is 1.72 bits per heavy atom. The van der Waals surface area contributed by atoms with Gasteiger partial charge in [-0.05, 0) is 51.7 Å². The van der Waals surface area contributed by atoms with E-state index in [4.69, 9.17) is 5.73 Å². The van der Waals surface area contributed by atoms with Gasteiger partial charge < -0.3 is 5.73 Å². The highest BCUT2D eigenvalue weighted by Crippen LogP contribution is 2.26. The molecular formula is C14H12BrF2N. The summed E-state index contributed by atoms with van der Waals surface area (Å²) in [5.41, 5.74) is 7.67. The van der Waals surface area contributed by atoms with Gasteiger partial charge in [0.05, 0.1) is 4.47 Å². The van der Waals surface area contributed by atoms with Crippen molar-refractivity contribution in [1.29, 1.82) is 0 Å². The lowest BCUT2D eigenvalue weighted by Gasteiger charge is -2.14. The molecule has 0 bridgehead atoms. The fraction of sp³-hybridized carbons (Fsp3) is 0.143. The molecule has 0 heterocycles. The van der Waals surface area contributed by atoms with Crippen molar-refractivity contribution >= 4 is 15.9 Å². The number of benzene rings is 2. The maximum absolute atomic E-state index is 13.4. The molecule has 0 aromatic heterocycles. The molecule has 2 N–H and O–H groups in total. The van der Waals surface area contributed by atoms with Crippen LogP contribution in [0.25, 0.3) is 0 Å². The van der Waals surface area contributed by atoms with Gasteiger partial charge >= 0.3 is 0 Å². The van der Waals surface area contributed by atoms with E-state index in [1.165, 1.54) is 18.2 Å². The quantitative estimate of drug-likeness (QED) is 0.912. The summed E-state index contributed by atoms with van der Waals surface area (Å²) in [4.78, 5) is 0. The lowest BCUT2D eigenvalue weighted by Crippen LogP contribution is -2.14. The van der Waals surface area contributed by atoms with E-state index in [2.05, 4.69) is 15.9 Å². The Balaban J connectivity index is 2.19. The summed E-state index contributed by atoms with van der Waals surface area (Å²) >= 11 is 3.19. The first-order chi connectivity index (χ1) is 8.58. The van der Waals surface area contributed by atoms with Crippen molar-refractivity contribution in [2.75, 3.05) is 0 Å². The zero-order chi connectivity index (χ0) is 13.1. The zero-order valence-electron chi connectivity index (χ0n) is 9.54. The predicted molar refractivity (Wildman–Crippen MR) is 71.1 cm³/mol. The van der Waals surface area contributed by atoms with Gasteiger partial charge in [0.1, 0.15) is 11.6 Å². The first-order valence-corrected chi connectivity index (χ1v) is 6.31. The second-order valence-corrected chi connectivity index (χ2v) is 4.87. The van der Waals surface area contributed by atoms with Crippen LogP contribution in [0.15, 0.2) is 46.9 Å². The predicted octanol–water partition coefficient (Wildman–Crippen LogP) is 3.97.